The molecule has 0 heterocycles. The van der Waals surface area contributed by atoms with E-state index in [0.717, 1.165) is 37.7 Å². The predicted molar refractivity (Wildman–Crippen MR) is 133 cm³/mol. The minimum atomic E-state index is -0.175. The Morgan fingerprint density at radius 2 is 1.66 bits per heavy atom. The molecule has 4 aromatic carbocycles. The molecule has 1 amide bonds. The van der Waals surface area contributed by atoms with Crippen LogP contribution < -0.4 is 10.2 Å². The van der Waals surface area contributed by atoms with Crippen LogP contribution in [0.2, 0.25) is 0 Å². The Kier molecular flexibility index (Phi) is 6.97. The fourth-order valence-electron chi connectivity index (χ4n) is 3.38. The van der Waals surface area contributed by atoms with Crippen molar-refractivity contribution in [2.45, 2.75) is 20.0 Å². The number of halogens is 1. The predicted octanol–water partition coefficient (Wildman–Crippen LogP) is 6.18. The van der Waals surface area contributed by atoms with Crippen molar-refractivity contribution in [2.24, 2.45) is 5.10 Å². The van der Waals surface area contributed by atoms with Crippen LogP contribution in [0.4, 0.5) is 0 Å². The quantitative estimate of drug-likeness (QED) is 0.250. The largest absolute Gasteiger partial charge is 0.488 e. The summed E-state index contributed by atoms with van der Waals surface area (Å²) in [4.78, 5) is 12.3. The third kappa shape index (κ3) is 5.62. The van der Waals surface area contributed by atoms with Crippen LogP contribution in [0.25, 0.3) is 10.8 Å². The summed E-state index contributed by atoms with van der Waals surface area (Å²) < 4.78 is 7.11. The molecule has 1 N–H and O–H groups in total. The van der Waals surface area contributed by atoms with E-state index in [1.807, 2.05) is 60.7 Å². The number of carbonyl (C=O) groups excluding carboxylic acids is 1. The van der Waals surface area contributed by atoms with E-state index in [2.05, 4.69) is 57.6 Å². The van der Waals surface area contributed by atoms with Gasteiger partial charge in [0.2, 0.25) is 5.91 Å². The van der Waals surface area contributed by atoms with E-state index < -0.39 is 0 Å². The summed E-state index contributed by atoms with van der Waals surface area (Å²) in [5, 5.41) is 6.31. The minimum absolute atomic E-state index is 0.175. The fourth-order valence-corrected chi connectivity index (χ4v) is 3.64. The lowest BCUT2D eigenvalue weighted by Gasteiger charge is -2.12. The zero-order valence-corrected chi connectivity index (χ0v) is 19.3. The van der Waals surface area contributed by atoms with Gasteiger partial charge in [-0.15, -0.1) is 0 Å². The Hall–Kier alpha value is -3.44. The molecule has 0 fully saturated rings. The standard InChI is InChI=1S/C27H23BrN2O2/c1-19-6-8-21(9-7-19)18-32-26-15-12-22-4-2-3-5-24(22)25(26)17-29-30-27(31)16-20-10-13-23(28)14-11-20/h2-15,17H,16,18H2,1H3,(H,30,31)/b29-17-. The Morgan fingerprint density at radius 1 is 0.938 bits per heavy atom. The zero-order chi connectivity index (χ0) is 22.3. The van der Waals surface area contributed by atoms with Crippen LogP contribution in [0.5, 0.6) is 5.75 Å². The number of amides is 1. The number of carbonyl (C=O) groups is 1. The molecule has 0 saturated heterocycles. The van der Waals surface area contributed by atoms with Crippen molar-refractivity contribution in [2.75, 3.05) is 0 Å². The van der Waals surface area contributed by atoms with E-state index in [1.165, 1.54) is 5.56 Å². The maximum absolute atomic E-state index is 12.3. The van der Waals surface area contributed by atoms with Gasteiger partial charge in [0, 0.05) is 10.0 Å². The molecule has 0 aromatic heterocycles. The van der Waals surface area contributed by atoms with Gasteiger partial charge in [0.15, 0.2) is 0 Å². The van der Waals surface area contributed by atoms with Crippen LogP contribution in [-0.2, 0) is 17.8 Å². The van der Waals surface area contributed by atoms with E-state index >= 15 is 0 Å². The van der Waals surface area contributed by atoms with E-state index in [0.29, 0.717) is 6.61 Å². The molecule has 0 saturated carbocycles. The van der Waals surface area contributed by atoms with Gasteiger partial charge in [0.25, 0.3) is 0 Å². The van der Waals surface area contributed by atoms with Crippen LogP contribution >= 0.6 is 15.9 Å². The van der Waals surface area contributed by atoms with Gasteiger partial charge in [-0.25, -0.2) is 5.43 Å². The molecule has 0 radical (unpaired) electrons. The van der Waals surface area contributed by atoms with Gasteiger partial charge in [-0.2, -0.15) is 5.10 Å². The first-order valence-electron chi connectivity index (χ1n) is 10.3. The molecule has 0 bridgehead atoms. The number of aryl methyl sites for hydroxylation is 1. The molecule has 4 rings (SSSR count). The summed E-state index contributed by atoms with van der Waals surface area (Å²) >= 11 is 3.40. The van der Waals surface area contributed by atoms with Crippen molar-refractivity contribution in [1.82, 2.24) is 5.43 Å². The highest BCUT2D eigenvalue weighted by molar-refractivity contribution is 9.10. The second-order valence-corrected chi connectivity index (χ2v) is 8.48. The first kappa shape index (κ1) is 21.8. The highest BCUT2D eigenvalue weighted by atomic mass is 79.9. The number of hydrazone groups is 1. The number of hydrogen-bond donors (Lipinski definition) is 1. The number of benzene rings is 4. The summed E-state index contributed by atoms with van der Waals surface area (Å²) in [5.74, 6) is 0.543. The molecular weight excluding hydrogens is 464 g/mol. The average Bonchev–Trinajstić information content (AvgIpc) is 2.81. The topological polar surface area (TPSA) is 50.7 Å². The second-order valence-electron chi connectivity index (χ2n) is 7.57. The van der Waals surface area contributed by atoms with Crippen molar-refractivity contribution in [3.05, 3.63) is 112 Å². The fraction of sp³-hybridized carbons (Fsp3) is 0.111. The monoisotopic (exact) mass is 486 g/mol. The van der Waals surface area contributed by atoms with Gasteiger partial charge in [-0.1, -0.05) is 88.2 Å². The molecule has 0 unspecified atom stereocenters. The van der Waals surface area contributed by atoms with Crippen LogP contribution in [0.3, 0.4) is 0 Å². The first-order valence-corrected chi connectivity index (χ1v) is 11.1. The second kappa shape index (κ2) is 10.2. The molecule has 0 aliphatic heterocycles. The molecule has 32 heavy (non-hydrogen) atoms. The number of nitrogens with one attached hydrogen (secondary N) is 1. The third-order valence-corrected chi connectivity index (χ3v) is 5.64. The van der Waals surface area contributed by atoms with Gasteiger partial charge in [0.1, 0.15) is 12.4 Å². The molecule has 4 nitrogen and oxygen atoms in total. The first-order chi connectivity index (χ1) is 15.6. The summed E-state index contributed by atoms with van der Waals surface area (Å²) in [6.07, 6.45) is 1.92. The van der Waals surface area contributed by atoms with E-state index in [4.69, 9.17) is 4.74 Å². The van der Waals surface area contributed by atoms with Gasteiger partial charge in [-0.3, -0.25) is 4.79 Å². The normalized spacial score (nSPS) is 11.1. The molecule has 0 atom stereocenters. The third-order valence-electron chi connectivity index (χ3n) is 5.11. The number of hydrogen-bond acceptors (Lipinski definition) is 3. The number of fused-ring (bicyclic) bond motifs is 1. The van der Waals surface area contributed by atoms with Crippen molar-refractivity contribution in [1.29, 1.82) is 0 Å². The van der Waals surface area contributed by atoms with Gasteiger partial charge in [0.05, 0.1) is 12.6 Å². The van der Waals surface area contributed by atoms with Gasteiger partial charge < -0.3 is 4.74 Å². The van der Waals surface area contributed by atoms with Crippen LogP contribution in [0.1, 0.15) is 22.3 Å². The highest BCUT2D eigenvalue weighted by Gasteiger charge is 2.08. The summed E-state index contributed by atoms with van der Waals surface area (Å²) in [5.41, 5.74) is 6.69. The Bertz CT molecular complexity index is 1250. The van der Waals surface area contributed by atoms with Crippen molar-refractivity contribution >= 4 is 38.8 Å². The van der Waals surface area contributed by atoms with E-state index in [9.17, 15) is 4.79 Å². The summed E-state index contributed by atoms with van der Waals surface area (Å²) in [6, 6.07) is 27.9. The van der Waals surface area contributed by atoms with E-state index in [1.54, 1.807) is 6.21 Å². The number of rotatable bonds is 7. The Morgan fingerprint density at radius 3 is 2.44 bits per heavy atom. The Labute approximate surface area is 196 Å². The maximum Gasteiger partial charge on any atom is 0.244 e. The SMILES string of the molecule is Cc1ccc(COc2ccc3ccccc3c2/C=N\NC(=O)Cc2ccc(Br)cc2)cc1. The molecular formula is C27H23BrN2O2. The van der Waals surface area contributed by atoms with Crippen LogP contribution in [-0.4, -0.2) is 12.1 Å². The summed E-state index contributed by atoms with van der Waals surface area (Å²) in [6.45, 7) is 2.52. The molecule has 0 aliphatic carbocycles. The van der Waals surface area contributed by atoms with Gasteiger partial charge in [-0.05, 0) is 47.0 Å². The smallest absolute Gasteiger partial charge is 0.244 e. The van der Waals surface area contributed by atoms with Crippen molar-refractivity contribution in [3.8, 4) is 5.75 Å². The maximum atomic E-state index is 12.3. The molecule has 5 heteroatoms. The van der Waals surface area contributed by atoms with E-state index in [-0.39, 0.29) is 12.3 Å². The molecule has 0 spiro atoms. The van der Waals surface area contributed by atoms with Crippen LogP contribution in [0, 0.1) is 6.92 Å². The van der Waals surface area contributed by atoms with Gasteiger partial charge >= 0.3 is 0 Å². The lowest BCUT2D eigenvalue weighted by molar-refractivity contribution is -0.120. The molecule has 4 aromatic rings. The zero-order valence-electron chi connectivity index (χ0n) is 17.7. The lowest BCUT2D eigenvalue weighted by Crippen LogP contribution is -2.19. The highest BCUT2D eigenvalue weighted by Crippen LogP contribution is 2.27. The Balaban J connectivity index is 1.51. The van der Waals surface area contributed by atoms with Crippen molar-refractivity contribution < 1.29 is 9.53 Å². The number of ether oxygens (including phenoxy) is 1. The molecule has 160 valence electrons. The van der Waals surface area contributed by atoms with Crippen molar-refractivity contribution in [3.63, 3.8) is 0 Å². The molecule has 0 aliphatic rings. The number of nitrogens with zero attached hydrogens (tertiary/aromatic N) is 1. The minimum Gasteiger partial charge on any atom is -0.488 e. The summed E-state index contributed by atoms with van der Waals surface area (Å²) in [7, 11) is 0. The van der Waals surface area contributed by atoms with Crippen LogP contribution in [0.15, 0.2) is 94.5 Å². The average molecular weight is 487 g/mol. The lowest BCUT2D eigenvalue weighted by atomic mass is 10.0.